The van der Waals surface area contributed by atoms with Crippen molar-refractivity contribution in [2.75, 3.05) is 6.61 Å². The van der Waals surface area contributed by atoms with Crippen LogP contribution >= 0.6 is 15.9 Å². The zero-order valence-corrected chi connectivity index (χ0v) is 13.7. The van der Waals surface area contributed by atoms with Crippen LogP contribution in [0.15, 0.2) is 28.8 Å². The van der Waals surface area contributed by atoms with Crippen molar-refractivity contribution in [3.63, 3.8) is 0 Å². The molecule has 3 heteroatoms. The molecule has 106 valence electrons. The Balaban J connectivity index is 2.95. The van der Waals surface area contributed by atoms with E-state index in [1.807, 2.05) is 0 Å². The van der Waals surface area contributed by atoms with Gasteiger partial charge in [0.25, 0.3) is 0 Å². The van der Waals surface area contributed by atoms with E-state index in [-0.39, 0.29) is 6.04 Å². The summed E-state index contributed by atoms with van der Waals surface area (Å²) in [7, 11) is 0. The van der Waals surface area contributed by atoms with Crippen molar-refractivity contribution in [1.82, 2.24) is 0 Å². The lowest BCUT2D eigenvalue weighted by Gasteiger charge is -2.17. The van der Waals surface area contributed by atoms with Gasteiger partial charge in [-0.3, -0.25) is 0 Å². The van der Waals surface area contributed by atoms with Gasteiger partial charge in [0.15, 0.2) is 0 Å². The van der Waals surface area contributed by atoms with E-state index >= 15 is 0 Å². The van der Waals surface area contributed by atoms with Gasteiger partial charge in [0.2, 0.25) is 0 Å². The molecule has 0 amide bonds. The van der Waals surface area contributed by atoms with Crippen molar-refractivity contribution in [1.29, 1.82) is 0 Å². The Morgan fingerprint density at radius 3 is 2.68 bits per heavy atom. The molecule has 0 saturated heterocycles. The molecule has 19 heavy (non-hydrogen) atoms. The SMILES string of the molecule is C=C(CC)COc1c(C)cc(Br)cc1CC(N)CC. The van der Waals surface area contributed by atoms with Crippen molar-refractivity contribution in [3.8, 4) is 5.75 Å². The van der Waals surface area contributed by atoms with Crippen LogP contribution < -0.4 is 10.5 Å². The Hall–Kier alpha value is -0.800. The third-order valence-corrected chi connectivity index (χ3v) is 3.70. The second kappa shape index (κ2) is 7.71. The minimum absolute atomic E-state index is 0.172. The first-order chi connectivity index (χ1) is 8.97. The van der Waals surface area contributed by atoms with Gasteiger partial charge in [-0.2, -0.15) is 0 Å². The summed E-state index contributed by atoms with van der Waals surface area (Å²) >= 11 is 3.54. The monoisotopic (exact) mass is 325 g/mol. The van der Waals surface area contributed by atoms with Crippen LogP contribution in [0.4, 0.5) is 0 Å². The number of halogens is 1. The lowest BCUT2D eigenvalue weighted by Crippen LogP contribution is -2.22. The molecule has 1 rings (SSSR count). The van der Waals surface area contributed by atoms with Crippen molar-refractivity contribution >= 4 is 15.9 Å². The highest BCUT2D eigenvalue weighted by Gasteiger charge is 2.12. The predicted octanol–water partition coefficient (Wildman–Crippen LogP) is 4.38. The summed E-state index contributed by atoms with van der Waals surface area (Å²) in [5, 5.41) is 0. The van der Waals surface area contributed by atoms with E-state index in [2.05, 4.69) is 55.4 Å². The third kappa shape index (κ3) is 5.00. The maximum atomic E-state index is 6.07. The average molecular weight is 326 g/mol. The Morgan fingerprint density at radius 1 is 1.42 bits per heavy atom. The van der Waals surface area contributed by atoms with E-state index in [9.17, 15) is 0 Å². The van der Waals surface area contributed by atoms with Crippen LogP contribution in [0.3, 0.4) is 0 Å². The van der Waals surface area contributed by atoms with Gasteiger partial charge in [0.05, 0.1) is 0 Å². The van der Waals surface area contributed by atoms with Crippen LogP contribution in [0.5, 0.6) is 5.75 Å². The molecule has 1 aromatic rings. The summed E-state index contributed by atoms with van der Waals surface area (Å²) < 4.78 is 7.02. The second-order valence-electron chi connectivity index (χ2n) is 4.98. The first-order valence-electron chi connectivity index (χ1n) is 6.81. The molecule has 1 atom stereocenters. The van der Waals surface area contributed by atoms with E-state index in [4.69, 9.17) is 10.5 Å². The first-order valence-corrected chi connectivity index (χ1v) is 7.61. The van der Waals surface area contributed by atoms with E-state index in [1.165, 1.54) is 5.56 Å². The number of aryl methyl sites for hydroxylation is 1. The molecular formula is C16H24BrNO. The van der Waals surface area contributed by atoms with Crippen molar-refractivity contribution in [2.45, 2.75) is 46.1 Å². The molecule has 0 aliphatic rings. The topological polar surface area (TPSA) is 35.2 Å². The van der Waals surface area contributed by atoms with Crippen LogP contribution in [0, 0.1) is 6.92 Å². The fourth-order valence-corrected chi connectivity index (χ4v) is 2.48. The third-order valence-electron chi connectivity index (χ3n) is 3.24. The summed E-state index contributed by atoms with van der Waals surface area (Å²) in [6.45, 7) is 10.8. The van der Waals surface area contributed by atoms with Crippen molar-refractivity contribution in [3.05, 3.63) is 39.9 Å². The number of nitrogens with two attached hydrogens (primary N) is 1. The Morgan fingerprint density at radius 2 is 2.11 bits per heavy atom. The van der Waals surface area contributed by atoms with E-state index in [0.29, 0.717) is 6.61 Å². The number of rotatable bonds is 7. The van der Waals surface area contributed by atoms with Crippen molar-refractivity contribution in [2.24, 2.45) is 5.73 Å². The van der Waals surface area contributed by atoms with Gasteiger partial charge in [-0.25, -0.2) is 0 Å². The number of ether oxygens (including phenoxy) is 1. The zero-order chi connectivity index (χ0) is 14.4. The normalized spacial score (nSPS) is 12.3. The summed E-state index contributed by atoms with van der Waals surface area (Å²) in [4.78, 5) is 0. The quantitative estimate of drug-likeness (QED) is 0.755. The fraction of sp³-hybridized carbons (Fsp3) is 0.500. The highest BCUT2D eigenvalue weighted by atomic mass is 79.9. The molecule has 0 radical (unpaired) electrons. The molecule has 0 aromatic heterocycles. The average Bonchev–Trinajstić information content (AvgIpc) is 2.36. The number of benzene rings is 1. The van der Waals surface area contributed by atoms with Gasteiger partial charge < -0.3 is 10.5 Å². The van der Waals surface area contributed by atoms with Crippen LogP contribution in [0.25, 0.3) is 0 Å². The molecule has 0 aliphatic heterocycles. The van der Waals surface area contributed by atoms with Crippen LogP contribution in [-0.2, 0) is 6.42 Å². The van der Waals surface area contributed by atoms with Gasteiger partial charge in [-0.05, 0) is 55.0 Å². The molecular weight excluding hydrogens is 302 g/mol. The molecule has 2 nitrogen and oxygen atoms in total. The first kappa shape index (κ1) is 16.3. The Kier molecular flexibility index (Phi) is 6.59. The molecule has 0 spiro atoms. The number of hydrogen-bond donors (Lipinski definition) is 1. The standard InChI is InChI=1S/C16H24BrNO/c1-5-11(3)10-19-16-12(4)7-14(17)8-13(16)9-15(18)6-2/h7-8,15H,3,5-6,9-10,18H2,1-2,4H3. The van der Waals surface area contributed by atoms with Gasteiger partial charge in [0, 0.05) is 10.5 Å². The molecule has 1 aromatic carbocycles. The minimum atomic E-state index is 0.172. The molecule has 0 saturated carbocycles. The maximum Gasteiger partial charge on any atom is 0.126 e. The van der Waals surface area contributed by atoms with Crippen molar-refractivity contribution < 1.29 is 4.74 Å². The largest absolute Gasteiger partial charge is 0.489 e. The Bertz CT molecular complexity index is 443. The zero-order valence-electron chi connectivity index (χ0n) is 12.1. The summed E-state index contributed by atoms with van der Waals surface area (Å²) in [6, 6.07) is 4.35. The molecule has 0 aliphatic carbocycles. The summed E-state index contributed by atoms with van der Waals surface area (Å²) in [6.07, 6.45) is 2.75. The summed E-state index contributed by atoms with van der Waals surface area (Å²) in [5.74, 6) is 0.960. The van der Waals surface area contributed by atoms with Crippen LogP contribution in [-0.4, -0.2) is 12.6 Å². The van der Waals surface area contributed by atoms with Gasteiger partial charge in [-0.15, -0.1) is 0 Å². The van der Waals surface area contributed by atoms with Gasteiger partial charge in [-0.1, -0.05) is 36.4 Å². The fourth-order valence-electron chi connectivity index (χ4n) is 1.86. The van der Waals surface area contributed by atoms with E-state index in [1.54, 1.807) is 0 Å². The predicted molar refractivity (Wildman–Crippen MR) is 85.8 cm³/mol. The smallest absolute Gasteiger partial charge is 0.126 e. The maximum absolute atomic E-state index is 6.07. The molecule has 0 bridgehead atoms. The molecule has 1 unspecified atom stereocenters. The second-order valence-corrected chi connectivity index (χ2v) is 5.89. The molecule has 0 heterocycles. The van der Waals surface area contributed by atoms with Crippen LogP contribution in [0.2, 0.25) is 0 Å². The van der Waals surface area contributed by atoms with Gasteiger partial charge in [0.1, 0.15) is 12.4 Å². The van der Waals surface area contributed by atoms with E-state index in [0.717, 1.165) is 40.6 Å². The minimum Gasteiger partial charge on any atom is -0.489 e. The highest BCUT2D eigenvalue weighted by Crippen LogP contribution is 2.29. The highest BCUT2D eigenvalue weighted by molar-refractivity contribution is 9.10. The van der Waals surface area contributed by atoms with Gasteiger partial charge >= 0.3 is 0 Å². The molecule has 0 fully saturated rings. The molecule has 2 N–H and O–H groups in total. The van der Waals surface area contributed by atoms with E-state index < -0.39 is 0 Å². The Labute approximate surface area is 125 Å². The number of hydrogen-bond acceptors (Lipinski definition) is 2. The lowest BCUT2D eigenvalue weighted by molar-refractivity contribution is 0.341. The van der Waals surface area contributed by atoms with Crippen LogP contribution in [0.1, 0.15) is 37.8 Å². The lowest BCUT2D eigenvalue weighted by atomic mass is 10.0. The summed E-state index contributed by atoms with van der Waals surface area (Å²) in [5.41, 5.74) is 9.48.